The molecule has 3 aromatic rings. The maximum atomic E-state index is 12.1. The summed E-state index contributed by atoms with van der Waals surface area (Å²) < 4.78 is 0. The number of nitrogens with zero attached hydrogens (tertiary/aromatic N) is 3. The fourth-order valence-electron chi connectivity index (χ4n) is 2.67. The zero-order chi connectivity index (χ0) is 22.2. The molecule has 1 aromatic heterocycles. The van der Waals surface area contributed by atoms with Crippen LogP contribution in [0.1, 0.15) is 12.5 Å². The van der Waals surface area contributed by atoms with E-state index in [1.807, 2.05) is 18.2 Å². The highest BCUT2D eigenvalue weighted by Crippen LogP contribution is 2.31. The topological polar surface area (TPSA) is 151 Å². The smallest absolute Gasteiger partial charge is 0.334 e. The standard InChI is InChI=1S/C20H19N7O4/c1-13(28)23-15-7-9-16(10-8-15)24-19-18(27(30)31)20(22-12-21-19)26-25-17(29)11-14-5-3-2-4-6-14/h2-10,12H,11H2,1H3,(H,23,28)(H,25,29)(H2,21,22,24,26). The lowest BCUT2D eigenvalue weighted by Gasteiger charge is -2.11. The van der Waals surface area contributed by atoms with Gasteiger partial charge in [-0.15, -0.1) is 0 Å². The zero-order valence-corrected chi connectivity index (χ0v) is 16.5. The van der Waals surface area contributed by atoms with Crippen LogP contribution in [0.2, 0.25) is 0 Å². The predicted molar refractivity (Wildman–Crippen MR) is 115 cm³/mol. The molecule has 0 aliphatic heterocycles. The van der Waals surface area contributed by atoms with Crippen LogP contribution in [0.4, 0.5) is 28.7 Å². The summed E-state index contributed by atoms with van der Waals surface area (Å²) in [5.41, 5.74) is 6.35. The van der Waals surface area contributed by atoms with Gasteiger partial charge in [-0.1, -0.05) is 30.3 Å². The number of hydrazine groups is 1. The van der Waals surface area contributed by atoms with Gasteiger partial charge in [-0.25, -0.2) is 9.97 Å². The zero-order valence-electron chi connectivity index (χ0n) is 16.5. The van der Waals surface area contributed by atoms with Gasteiger partial charge < -0.3 is 10.6 Å². The molecule has 0 atom stereocenters. The summed E-state index contributed by atoms with van der Waals surface area (Å²) in [5, 5.41) is 17.1. The molecule has 0 unspecified atom stereocenters. The molecular formula is C20H19N7O4. The molecule has 0 aliphatic rings. The van der Waals surface area contributed by atoms with Crippen molar-refractivity contribution in [2.75, 3.05) is 16.1 Å². The Kier molecular flexibility index (Phi) is 6.68. The number of nitro groups is 1. The first kappa shape index (κ1) is 21.2. The number of hydrogen-bond donors (Lipinski definition) is 4. The lowest BCUT2D eigenvalue weighted by atomic mass is 10.1. The SMILES string of the molecule is CC(=O)Nc1ccc(Nc2ncnc(NNC(=O)Cc3ccccc3)c2[N+](=O)[O-])cc1. The van der Waals surface area contributed by atoms with Gasteiger partial charge in [-0.2, -0.15) is 0 Å². The first-order valence-electron chi connectivity index (χ1n) is 9.15. The molecule has 0 aliphatic carbocycles. The van der Waals surface area contributed by atoms with E-state index in [0.29, 0.717) is 11.4 Å². The molecule has 11 nitrogen and oxygen atoms in total. The van der Waals surface area contributed by atoms with Crippen molar-refractivity contribution in [2.24, 2.45) is 0 Å². The van der Waals surface area contributed by atoms with Crippen LogP contribution in [0.25, 0.3) is 0 Å². The third-order valence-electron chi connectivity index (χ3n) is 4.00. The Balaban J connectivity index is 1.72. The number of carbonyl (C=O) groups excluding carboxylic acids is 2. The van der Waals surface area contributed by atoms with Crippen LogP contribution in [-0.2, 0) is 16.0 Å². The number of benzene rings is 2. The van der Waals surface area contributed by atoms with Gasteiger partial charge in [0.15, 0.2) is 0 Å². The second-order valence-corrected chi connectivity index (χ2v) is 6.40. The molecule has 4 N–H and O–H groups in total. The van der Waals surface area contributed by atoms with Crippen LogP contribution >= 0.6 is 0 Å². The van der Waals surface area contributed by atoms with E-state index < -0.39 is 10.6 Å². The minimum absolute atomic E-state index is 0.0629. The molecule has 2 amide bonds. The highest BCUT2D eigenvalue weighted by molar-refractivity contribution is 5.89. The van der Waals surface area contributed by atoms with Crippen LogP contribution in [-0.4, -0.2) is 26.7 Å². The Morgan fingerprint density at radius 3 is 2.26 bits per heavy atom. The average molecular weight is 421 g/mol. The largest absolute Gasteiger partial charge is 0.355 e. The number of hydrogen-bond acceptors (Lipinski definition) is 8. The molecule has 3 rings (SSSR count). The fraction of sp³-hybridized carbons (Fsp3) is 0.100. The number of nitrogens with one attached hydrogen (secondary N) is 4. The quantitative estimate of drug-likeness (QED) is 0.320. The van der Waals surface area contributed by atoms with Gasteiger partial charge in [0.2, 0.25) is 23.5 Å². The van der Waals surface area contributed by atoms with Gasteiger partial charge in [0, 0.05) is 18.3 Å². The third kappa shape index (κ3) is 5.97. The molecule has 1 heterocycles. The van der Waals surface area contributed by atoms with E-state index in [1.165, 1.54) is 6.92 Å². The minimum Gasteiger partial charge on any atom is -0.334 e. The van der Waals surface area contributed by atoms with Crippen LogP contribution in [0.3, 0.4) is 0 Å². The number of rotatable bonds is 8. The Bertz CT molecular complexity index is 1090. The lowest BCUT2D eigenvalue weighted by molar-refractivity contribution is -0.383. The number of carbonyl (C=O) groups is 2. The molecule has 0 radical (unpaired) electrons. The Labute approximate surface area is 177 Å². The monoisotopic (exact) mass is 421 g/mol. The molecular weight excluding hydrogens is 402 g/mol. The molecule has 31 heavy (non-hydrogen) atoms. The summed E-state index contributed by atoms with van der Waals surface area (Å²) in [6, 6.07) is 15.6. The molecule has 2 aromatic carbocycles. The van der Waals surface area contributed by atoms with Gasteiger partial charge in [-0.05, 0) is 29.8 Å². The lowest BCUT2D eigenvalue weighted by Crippen LogP contribution is -2.31. The van der Waals surface area contributed by atoms with Gasteiger partial charge in [0.25, 0.3) is 0 Å². The summed E-state index contributed by atoms with van der Waals surface area (Å²) in [6.45, 7) is 1.39. The second kappa shape index (κ2) is 9.78. The van der Waals surface area contributed by atoms with Crippen LogP contribution < -0.4 is 21.5 Å². The molecule has 0 spiro atoms. The average Bonchev–Trinajstić information content (AvgIpc) is 2.74. The number of amides is 2. The van der Waals surface area contributed by atoms with Gasteiger partial charge >= 0.3 is 5.69 Å². The van der Waals surface area contributed by atoms with Crippen LogP contribution in [0.5, 0.6) is 0 Å². The highest BCUT2D eigenvalue weighted by Gasteiger charge is 2.23. The summed E-state index contributed by atoms with van der Waals surface area (Å²) in [6.07, 6.45) is 1.23. The predicted octanol–water partition coefficient (Wildman–Crippen LogP) is 2.77. The fourth-order valence-corrected chi connectivity index (χ4v) is 2.67. The first-order valence-corrected chi connectivity index (χ1v) is 9.15. The van der Waals surface area contributed by atoms with Crippen LogP contribution in [0.15, 0.2) is 60.9 Å². The summed E-state index contributed by atoms with van der Waals surface area (Å²) in [4.78, 5) is 42.0. The maximum absolute atomic E-state index is 12.1. The molecule has 0 saturated carbocycles. The van der Waals surface area contributed by atoms with E-state index in [2.05, 4.69) is 31.5 Å². The van der Waals surface area contributed by atoms with Crippen molar-refractivity contribution in [3.05, 3.63) is 76.6 Å². The summed E-state index contributed by atoms with van der Waals surface area (Å²) in [5.74, 6) is -0.829. The van der Waals surface area contributed by atoms with Crippen LogP contribution in [0, 0.1) is 10.1 Å². The number of anilines is 4. The summed E-state index contributed by atoms with van der Waals surface area (Å²) >= 11 is 0. The second-order valence-electron chi connectivity index (χ2n) is 6.40. The molecule has 0 fully saturated rings. The van der Waals surface area contributed by atoms with E-state index >= 15 is 0 Å². The van der Waals surface area contributed by atoms with Crippen molar-refractivity contribution in [3.63, 3.8) is 0 Å². The number of aromatic nitrogens is 2. The Morgan fingerprint density at radius 1 is 0.968 bits per heavy atom. The van der Waals surface area contributed by atoms with Crippen molar-refractivity contribution in [3.8, 4) is 0 Å². The highest BCUT2D eigenvalue weighted by atomic mass is 16.6. The molecule has 158 valence electrons. The molecule has 0 bridgehead atoms. The maximum Gasteiger partial charge on any atom is 0.355 e. The van der Waals surface area contributed by atoms with E-state index in [0.717, 1.165) is 11.9 Å². The van der Waals surface area contributed by atoms with Gasteiger partial charge in [0.05, 0.1) is 11.3 Å². The van der Waals surface area contributed by atoms with E-state index in [-0.39, 0.29) is 29.9 Å². The van der Waals surface area contributed by atoms with Gasteiger partial charge in [0.1, 0.15) is 6.33 Å². The normalized spacial score (nSPS) is 10.1. The van der Waals surface area contributed by atoms with E-state index in [4.69, 9.17) is 0 Å². The Morgan fingerprint density at radius 2 is 1.61 bits per heavy atom. The van der Waals surface area contributed by atoms with E-state index in [1.54, 1.807) is 36.4 Å². The van der Waals surface area contributed by atoms with Crippen molar-refractivity contribution < 1.29 is 14.5 Å². The minimum atomic E-state index is -0.653. The third-order valence-corrected chi connectivity index (χ3v) is 4.00. The van der Waals surface area contributed by atoms with Crippen molar-refractivity contribution >= 4 is 40.5 Å². The van der Waals surface area contributed by atoms with Crippen molar-refractivity contribution in [1.82, 2.24) is 15.4 Å². The first-order chi connectivity index (χ1) is 14.9. The Hall–Kier alpha value is -4.54. The van der Waals surface area contributed by atoms with E-state index in [9.17, 15) is 19.7 Å². The molecule has 0 saturated heterocycles. The van der Waals surface area contributed by atoms with Gasteiger partial charge in [-0.3, -0.25) is 30.6 Å². The van der Waals surface area contributed by atoms with Crippen molar-refractivity contribution in [2.45, 2.75) is 13.3 Å². The summed E-state index contributed by atoms with van der Waals surface area (Å²) in [7, 11) is 0. The molecule has 11 heteroatoms. The van der Waals surface area contributed by atoms with Crippen molar-refractivity contribution in [1.29, 1.82) is 0 Å².